The van der Waals surface area contributed by atoms with Gasteiger partial charge >= 0.3 is 0 Å². The van der Waals surface area contributed by atoms with E-state index in [0.29, 0.717) is 17.0 Å². The molecule has 166 valence electrons. The lowest BCUT2D eigenvalue weighted by Crippen LogP contribution is -2.27. The highest BCUT2D eigenvalue weighted by Gasteiger charge is 2.22. The zero-order valence-electron chi connectivity index (χ0n) is 18.5. The van der Waals surface area contributed by atoms with E-state index in [4.69, 9.17) is 9.94 Å². The van der Waals surface area contributed by atoms with Gasteiger partial charge in [0.05, 0.1) is 5.92 Å². The Balaban J connectivity index is 1.61. The van der Waals surface area contributed by atoms with E-state index in [9.17, 15) is 9.59 Å². The van der Waals surface area contributed by atoms with Crippen molar-refractivity contribution >= 4 is 17.5 Å². The Bertz CT molecular complexity index is 1040. The zero-order chi connectivity index (χ0) is 23.1. The molecule has 3 aromatic rings. The molecule has 0 aliphatic rings. The van der Waals surface area contributed by atoms with Crippen molar-refractivity contribution in [1.82, 2.24) is 5.48 Å². The maximum absolute atomic E-state index is 12.3. The Hall–Kier alpha value is -3.64. The highest BCUT2D eigenvalue weighted by molar-refractivity contribution is 5.92. The van der Waals surface area contributed by atoms with Crippen LogP contribution in [0.25, 0.3) is 0 Å². The maximum Gasteiger partial charge on any atom is 0.262 e. The molecule has 0 fully saturated rings. The van der Waals surface area contributed by atoms with E-state index >= 15 is 0 Å². The molecule has 0 heterocycles. The molecule has 0 aliphatic heterocycles. The molecule has 0 spiro atoms. The molecule has 1 atom stereocenters. The molecule has 3 aromatic carbocycles. The number of rotatable bonds is 7. The minimum atomic E-state index is -0.662. The third-order valence-corrected chi connectivity index (χ3v) is 5.12. The predicted molar refractivity (Wildman–Crippen MR) is 124 cm³/mol. The third-order valence-electron chi connectivity index (χ3n) is 5.12. The van der Waals surface area contributed by atoms with Crippen LogP contribution in [0.1, 0.15) is 43.4 Å². The second kappa shape index (κ2) is 10.1. The fourth-order valence-electron chi connectivity index (χ4n) is 3.36. The summed E-state index contributed by atoms with van der Waals surface area (Å²) in [5.74, 6) is -0.848. The number of carbonyl (C=O) groups is 2. The van der Waals surface area contributed by atoms with Gasteiger partial charge in [0.2, 0.25) is 0 Å². The van der Waals surface area contributed by atoms with Crippen LogP contribution in [-0.2, 0) is 15.0 Å². The van der Waals surface area contributed by atoms with Crippen LogP contribution in [0.4, 0.5) is 5.69 Å². The molecule has 0 aliphatic carbocycles. The lowest BCUT2D eigenvalue weighted by molar-refractivity contribution is -0.129. The Labute approximate surface area is 188 Å². The van der Waals surface area contributed by atoms with Gasteiger partial charge in [-0.2, -0.15) is 0 Å². The van der Waals surface area contributed by atoms with Crippen molar-refractivity contribution in [2.45, 2.75) is 32.1 Å². The first-order valence-electron chi connectivity index (χ1n) is 10.4. The van der Waals surface area contributed by atoms with Crippen LogP contribution in [-0.4, -0.2) is 23.6 Å². The van der Waals surface area contributed by atoms with Gasteiger partial charge in [0.1, 0.15) is 5.75 Å². The van der Waals surface area contributed by atoms with Gasteiger partial charge in [0.25, 0.3) is 11.8 Å². The minimum absolute atomic E-state index is 0.0550. The van der Waals surface area contributed by atoms with Crippen LogP contribution < -0.4 is 15.5 Å². The number of hydroxylamine groups is 1. The van der Waals surface area contributed by atoms with Gasteiger partial charge in [-0.15, -0.1) is 0 Å². The van der Waals surface area contributed by atoms with Crippen LogP contribution >= 0.6 is 0 Å². The Kier molecular flexibility index (Phi) is 7.28. The topological polar surface area (TPSA) is 87.7 Å². The average Bonchev–Trinajstić information content (AvgIpc) is 2.79. The molecule has 0 radical (unpaired) electrons. The van der Waals surface area contributed by atoms with Gasteiger partial charge in [-0.1, -0.05) is 75.4 Å². The molecular formula is C26H28N2O4. The predicted octanol–water partition coefficient (Wildman–Crippen LogP) is 4.64. The summed E-state index contributed by atoms with van der Waals surface area (Å²) in [4.78, 5) is 24.5. The second-order valence-electron chi connectivity index (χ2n) is 8.55. The number of hydrogen-bond acceptors (Lipinski definition) is 4. The SMILES string of the molecule is CC(C)(C)c1ccc(OCC(=O)Nc2ccc(C(C(=O)NO)c3ccccc3)cc2)cc1. The van der Waals surface area contributed by atoms with E-state index in [2.05, 4.69) is 26.1 Å². The molecule has 3 rings (SSSR count). The van der Waals surface area contributed by atoms with Crippen molar-refractivity contribution in [3.8, 4) is 5.75 Å². The third kappa shape index (κ3) is 5.95. The lowest BCUT2D eigenvalue weighted by atomic mass is 9.87. The molecule has 6 nitrogen and oxygen atoms in total. The monoisotopic (exact) mass is 432 g/mol. The minimum Gasteiger partial charge on any atom is -0.484 e. The largest absolute Gasteiger partial charge is 0.484 e. The van der Waals surface area contributed by atoms with E-state index in [1.54, 1.807) is 29.7 Å². The highest BCUT2D eigenvalue weighted by atomic mass is 16.5. The van der Waals surface area contributed by atoms with Crippen molar-refractivity contribution in [3.05, 3.63) is 95.6 Å². The lowest BCUT2D eigenvalue weighted by Gasteiger charge is -2.19. The first-order valence-corrected chi connectivity index (χ1v) is 10.4. The van der Waals surface area contributed by atoms with Crippen molar-refractivity contribution in [3.63, 3.8) is 0 Å². The Morgan fingerprint density at radius 3 is 2.03 bits per heavy atom. The molecule has 0 bridgehead atoms. The van der Waals surface area contributed by atoms with E-state index in [1.807, 2.05) is 54.6 Å². The molecule has 2 amide bonds. The highest BCUT2D eigenvalue weighted by Crippen LogP contribution is 2.26. The van der Waals surface area contributed by atoms with Gasteiger partial charge in [-0.3, -0.25) is 14.8 Å². The van der Waals surface area contributed by atoms with E-state index in [1.165, 1.54) is 5.56 Å². The van der Waals surface area contributed by atoms with Crippen molar-refractivity contribution in [1.29, 1.82) is 0 Å². The van der Waals surface area contributed by atoms with Gasteiger partial charge in [-0.25, -0.2) is 5.48 Å². The Morgan fingerprint density at radius 1 is 0.875 bits per heavy atom. The summed E-state index contributed by atoms with van der Waals surface area (Å²) in [7, 11) is 0. The molecule has 0 saturated carbocycles. The van der Waals surface area contributed by atoms with Crippen LogP contribution in [0.2, 0.25) is 0 Å². The van der Waals surface area contributed by atoms with Gasteiger partial charge < -0.3 is 10.1 Å². The zero-order valence-corrected chi connectivity index (χ0v) is 18.5. The summed E-state index contributed by atoms with van der Waals surface area (Å²) < 4.78 is 5.58. The smallest absolute Gasteiger partial charge is 0.262 e. The average molecular weight is 433 g/mol. The number of carbonyl (C=O) groups excluding carboxylic acids is 2. The molecule has 0 aromatic heterocycles. The summed E-state index contributed by atoms with van der Waals surface area (Å²) in [5.41, 5.74) is 5.00. The summed E-state index contributed by atoms with van der Waals surface area (Å²) in [5, 5.41) is 11.9. The normalized spacial score (nSPS) is 12.0. The molecule has 1 unspecified atom stereocenters. The van der Waals surface area contributed by atoms with E-state index in [0.717, 1.165) is 5.56 Å². The number of anilines is 1. The van der Waals surface area contributed by atoms with E-state index in [-0.39, 0.29) is 17.9 Å². The standard InChI is InChI=1S/C26H28N2O4/c1-26(2,3)20-11-15-22(16-12-20)32-17-23(29)27-21-13-9-19(10-14-21)24(25(30)28-31)18-7-5-4-6-8-18/h4-16,24,31H,17H2,1-3H3,(H,27,29)(H,28,30). The number of amides is 2. The number of nitrogens with one attached hydrogen (secondary N) is 2. The van der Waals surface area contributed by atoms with Gasteiger partial charge in [0.15, 0.2) is 6.61 Å². The summed E-state index contributed by atoms with van der Waals surface area (Å²) >= 11 is 0. The molecule has 6 heteroatoms. The summed E-state index contributed by atoms with van der Waals surface area (Å²) in [6.07, 6.45) is 0. The molecule has 32 heavy (non-hydrogen) atoms. The summed E-state index contributed by atoms with van der Waals surface area (Å²) in [6.45, 7) is 6.30. The van der Waals surface area contributed by atoms with Crippen LogP contribution in [0.3, 0.4) is 0 Å². The first kappa shape index (κ1) is 23.0. The van der Waals surface area contributed by atoms with Crippen molar-refractivity contribution < 1.29 is 19.5 Å². The Morgan fingerprint density at radius 2 is 1.47 bits per heavy atom. The molecule has 3 N–H and O–H groups in total. The fraction of sp³-hybridized carbons (Fsp3) is 0.231. The maximum atomic E-state index is 12.3. The van der Waals surface area contributed by atoms with Crippen LogP contribution in [0.15, 0.2) is 78.9 Å². The first-order chi connectivity index (χ1) is 15.3. The number of benzene rings is 3. The van der Waals surface area contributed by atoms with Crippen LogP contribution in [0.5, 0.6) is 5.75 Å². The quantitative estimate of drug-likeness (QED) is 0.375. The van der Waals surface area contributed by atoms with Crippen molar-refractivity contribution in [2.75, 3.05) is 11.9 Å². The second-order valence-corrected chi connectivity index (χ2v) is 8.55. The fourth-order valence-corrected chi connectivity index (χ4v) is 3.36. The number of ether oxygens (including phenoxy) is 1. The summed E-state index contributed by atoms with van der Waals surface area (Å²) in [6, 6.07) is 23.8. The van der Waals surface area contributed by atoms with Crippen LogP contribution in [0, 0.1) is 0 Å². The van der Waals surface area contributed by atoms with Gasteiger partial charge in [-0.05, 0) is 46.4 Å². The molecular weight excluding hydrogens is 404 g/mol. The van der Waals surface area contributed by atoms with E-state index < -0.39 is 11.8 Å². The molecule has 0 saturated heterocycles. The number of hydrogen-bond donors (Lipinski definition) is 3. The van der Waals surface area contributed by atoms with Crippen molar-refractivity contribution in [2.24, 2.45) is 0 Å². The van der Waals surface area contributed by atoms with Gasteiger partial charge in [0, 0.05) is 5.69 Å².